The molecule has 1 saturated heterocycles. The molecule has 2 heterocycles. The maximum Gasteiger partial charge on any atom is 1.00 e. The van der Waals surface area contributed by atoms with Crippen molar-refractivity contribution in [3.63, 3.8) is 0 Å². The van der Waals surface area contributed by atoms with Gasteiger partial charge in [-0.3, -0.25) is 0 Å². The summed E-state index contributed by atoms with van der Waals surface area (Å²) in [4.78, 5) is 11.1. The summed E-state index contributed by atoms with van der Waals surface area (Å²) in [6.07, 6.45) is -7.40. The summed E-state index contributed by atoms with van der Waals surface area (Å²) in [6.45, 7) is -0.613. The van der Waals surface area contributed by atoms with E-state index in [-0.39, 0.29) is 40.9 Å². The Hall–Kier alpha value is -1.17. The van der Waals surface area contributed by atoms with Gasteiger partial charge in [0.05, 0.1) is 6.61 Å². The van der Waals surface area contributed by atoms with E-state index in [4.69, 9.17) is 19.0 Å². The number of ether oxygens (including phenoxy) is 2. The van der Waals surface area contributed by atoms with Crippen LogP contribution in [-0.4, -0.2) is 57.7 Å². The fourth-order valence-electron chi connectivity index (χ4n) is 2.46. The fraction of sp³-hybridized carbons (Fsp3) is 0.400. The van der Waals surface area contributed by atoms with Crippen LogP contribution in [0.3, 0.4) is 0 Å². The summed E-state index contributed by atoms with van der Waals surface area (Å²) in [5.74, 6) is -0.838. The maximum absolute atomic E-state index is 12.0. The zero-order valence-electron chi connectivity index (χ0n) is 13.2. The molecule has 0 bridgehead atoms. The third-order valence-electron chi connectivity index (χ3n) is 3.78. The van der Waals surface area contributed by atoms with E-state index in [1.165, 1.54) is 18.2 Å². The van der Waals surface area contributed by atoms with Crippen LogP contribution in [0.1, 0.15) is 0 Å². The van der Waals surface area contributed by atoms with E-state index in [9.17, 15) is 25.2 Å². The second-order valence-corrected chi connectivity index (χ2v) is 5.41. The Morgan fingerprint density at radius 1 is 1.12 bits per heavy atom. The Bertz CT molecular complexity index is 790. The van der Waals surface area contributed by atoms with Gasteiger partial charge in [-0.2, -0.15) is 0 Å². The van der Waals surface area contributed by atoms with Gasteiger partial charge in [0.15, 0.2) is 0 Å². The molecule has 0 aliphatic carbocycles. The summed E-state index contributed by atoms with van der Waals surface area (Å²) in [7, 11) is 0. The molecule has 9 nitrogen and oxygen atoms in total. The first kappa shape index (κ1) is 20.1. The van der Waals surface area contributed by atoms with Crippen molar-refractivity contribution in [2.24, 2.45) is 0 Å². The predicted molar refractivity (Wildman–Crippen MR) is 76.3 cm³/mol. The average molecular weight is 362 g/mol. The van der Waals surface area contributed by atoms with Gasteiger partial charge in [-0.25, -0.2) is 4.79 Å². The number of aliphatic hydroxyl groups excluding tert-OH is 4. The number of aliphatic hydroxyl groups is 4. The molecule has 5 atom stereocenters. The molecule has 3 rings (SSSR count). The topological polar surface area (TPSA) is 153 Å². The summed E-state index contributed by atoms with van der Waals surface area (Å²) in [5.41, 5.74) is -0.529. The van der Waals surface area contributed by atoms with E-state index in [0.29, 0.717) is 5.39 Å². The molecule has 1 aromatic carbocycles. The van der Waals surface area contributed by atoms with Gasteiger partial charge in [0.25, 0.3) is 0 Å². The van der Waals surface area contributed by atoms with E-state index in [1.807, 2.05) is 0 Å². The van der Waals surface area contributed by atoms with E-state index >= 15 is 0 Å². The molecule has 2 aromatic rings. The van der Waals surface area contributed by atoms with Gasteiger partial charge in [-0.1, -0.05) is 5.75 Å². The monoisotopic (exact) mass is 362 g/mol. The minimum Gasteiger partial charge on any atom is -0.870 e. The van der Waals surface area contributed by atoms with Crippen molar-refractivity contribution in [3.8, 4) is 11.5 Å². The first-order valence-electron chi connectivity index (χ1n) is 7.13. The Balaban J connectivity index is 0.00000225. The van der Waals surface area contributed by atoms with Crippen LogP contribution in [0.4, 0.5) is 0 Å². The molecule has 10 heteroatoms. The van der Waals surface area contributed by atoms with Crippen LogP contribution in [0, 0.1) is 0 Å². The summed E-state index contributed by atoms with van der Waals surface area (Å²) in [5, 5.41) is 50.9. The van der Waals surface area contributed by atoms with Crippen molar-refractivity contribution in [2.75, 3.05) is 6.61 Å². The van der Waals surface area contributed by atoms with Crippen molar-refractivity contribution in [2.45, 2.75) is 30.7 Å². The standard InChI is InChI=1S/C15H16O9.Na/c16-5-10-12(19)13(20)14(21)15(24-10)23-9-3-6-1-2-11(18)22-8(6)4-7(9)17;/h1-4,10,12-17,19-21H,5H2;/q;+1/p-1/t10-,12-,13+,14-,15-;/m1./s1. The van der Waals surface area contributed by atoms with Gasteiger partial charge >= 0.3 is 35.2 Å². The van der Waals surface area contributed by atoms with Crippen LogP contribution < -0.4 is 45.0 Å². The summed E-state index contributed by atoms with van der Waals surface area (Å²) in [6, 6.07) is 4.95. The van der Waals surface area contributed by atoms with Crippen LogP contribution in [0.15, 0.2) is 33.5 Å². The Morgan fingerprint density at radius 3 is 2.52 bits per heavy atom. The zero-order valence-corrected chi connectivity index (χ0v) is 15.2. The molecule has 0 unspecified atom stereocenters. The molecular formula is C15H15NaO9. The number of hydrogen-bond donors (Lipinski definition) is 4. The third-order valence-corrected chi connectivity index (χ3v) is 3.78. The molecule has 1 aliphatic heterocycles. The van der Waals surface area contributed by atoms with Crippen LogP contribution in [0.25, 0.3) is 11.0 Å². The molecule has 130 valence electrons. The van der Waals surface area contributed by atoms with Crippen LogP contribution >= 0.6 is 0 Å². The fourth-order valence-corrected chi connectivity index (χ4v) is 2.46. The molecule has 0 amide bonds. The zero-order chi connectivity index (χ0) is 17.4. The van der Waals surface area contributed by atoms with Gasteiger partial charge in [0.2, 0.25) is 6.29 Å². The van der Waals surface area contributed by atoms with Crippen molar-refractivity contribution >= 4 is 11.0 Å². The van der Waals surface area contributed by atoms with Crippen molar-refractivity contribution < 1.29 is 69.0 Å². The second-order valence-electron chi connectivity index (χ2n) is 5.41. The molecule has 25 heavy (non-hydrogen) atoms. The van der Waals surface area contributed by atoms with Crippen LogP contribution in [0.2, 0.25) is 0 Å². The summed E-state index contributed by atoms with van der Waals surface area (Å²) >= 11 is 0. The number of hydrogen-bond acceptors (Lipinski definition) is 9. The normalized spacial score (nSPS) is 29.2. The van der Waals surface area contributed by atoms with Gasteiger partial charge in [0, 0.05) is 11.5 Å². The van der Waals surface area contributed by atoms with Gasteiger partial charge in [0.1, 0.15) is 35.7 Å². The smallest absolute Gasteiger partial charge is 0.870 e. The van der Waals surface area contributed by atoms with E-state index in [1.54, 1.807) is 0 Å². The molecule has 4 N–H and O–H groups in total. The van der Waals surface area contributed by atoms with Crippen molar-refractivity contribution in [3.05, 3.63) is 34.7 Å². The quantitative estimate of drug-likeness (QED) is 0.311. The van der Waals surface area contributed by atoms with E-state index in [2.05, 4.69) is 0 Å². The third kappa shape index (κ3) is 3.99. The minimum absolute atomic E-state index is 0. The van der Waals surface area contributed by atoms with Gasteiger partial charge in [-0.05, 0) is 18.2 Å². The molecule has 0 radical (unpaired) electrons. The molecule has 0 spiro atoms. The Kier molecular flexibility index (Phi) is 6.46. The number of fused-ring (bicyclic) bond motifs is 1. The SMILES string of the molecule is O=c1ccc2cc(O[C@@H]3O[C@H](CO)[C@@H](O)[C@H](O)[C@H]3O)c([O-])cc2o1.[Na+]. The molecule has 1 fully saturated rings. The molecule has 1 aromatic heterocycles. The summed E-state index contributed by atoms with van der Waals surface area (Å²) < 4.78 is 15.4. The van der Waals surface area contributed by atoms with E-state index in [0.717, 1.165) is 6.07 Å². The number of benzene rings is 1. The van der Waals surface area contributed by atoms with Crippen molar-refractivity contribution in [1.29, 1.82) is 0 Å². The van der Waals surface area contributed by atoms with Gasteiger partial charge < -0.3 is 39.4 Å². The second kappa shape index (κ2) is 8.02. The first-order valence-corrected chi connectivity index (χ1v) is 7.13. The predicted octanol–water partition coefficient (Wildman–Crippen LogP) is -4.95. The maximum atomic E-state index is 12.0. The Morgan fingerprint density at radius 2 is 1.84 bits per heavy atom. The molecular weight excluding hydrogens is 347 g/mol. The number of rotatable bonds is 3. The first-order chi connectivity index (χ1) is 11.4. The Labute approximate surface area is 163 Å². The largest absolute Gasteiger partial charge is 1.00 e. The molecule has 0 saturated carbocycles. The van der Waals surface area contributed by atoms with Crippen LogP contribution in [-0.2, 0) is 4.74 Å². The van der Waals surface area contributed by atoms with E-state index < -0.39 is 48.7 Å². The average Bonchev–Trinajstić information content (AvgIpc) is 2.56. The molecule has 1 aliphatic rings. The van der Waals surface area contributed by atoms with Crippen LogP contribution in [0.5, 0.6) is 11.5 Å². The minimum atomic E-state index is -1.63. The van der Waals surface area contributed by atoms with Gasteiger partial charge in [-0.15, -0.1) is 0 Å². The van der Waals surface area contributed by atoms with Crippen molar-refractivity contribution in [1.82, 2.24) is 0 Å².